The van der Waals surface area contributed by atoms with E-state index in [1.165, 1.54) is 0 Å². The van der Waals surface area contributed by atoms with Gasteiger partial charge in [0.1, 0.15) is 6.61 Å². The normalized spacial score (nSPS) is 14.3. The zero-order valence-corrected chi connectivity index (χ0v) is 12.2. The van der Waals surface area contributed by atoms with Crippen LogP contribution in [0.4, 0.5) is 5.69 Å². The maximum Gasteiger partial charge on any atom is 0.341 e. The van der Waals surface area contributed by atoms with Crippen molar-refractivity contribution in [3.63, 3.8) is 0 Å². The number of carbonyl (C=O) groups excluding carboxylic acids is 1. The van der Waals surface area contributed by atoms with Gasteiger partial charge in [0.15, 0.2) is 0 Å². The summed E-state index contributed by atoms with van der Waals surface area (Å²) in [5.41, 5.74) is 3.19. The van der Waals surface area contributed by atoms with Gasteiger partial charge in [-0.15, -0.1) is 0 Å². The highest BCUT2D eigenvalue weighted by atomic mass is 79.9. The average molecular weight is 330 g/mol. The van der Waals surface area contributed by atoms with Gasteiger partial charge in [0.05, 0.1) is 11.3 Å². The van der Waals surface area contributed by atoms with Crippen LogP contribution in [-0.4, -0.2) is 12.6 Å². The number of esters is 1. The fourth-order valence-corrected chi connectivity index (χ4v) is 2.37. The summed E-state index contributed by atoms with van der Waals surface area (Å²) >= 11 is 3.39. The lowest BCUT2D eigenvalue weighted by Crippen LogP contribution is -2.03. The topological polar surface area (TPSA) is 38.3 Å². The molecule has 0 radical (unpaired) electrons. The third-order valence-electron chi connectivity index (χ3n) is 3.06. The number of rotatable bonds is 3. The first-order valence-corrected chi connectivity index (χ1v) is 7.01. The molecule has 0 saturated carbocycles. The molecule has 4 heteroatoms. The summed E-state index contributed by atoms with van der Waals surface area (Å²) in [7, 11) is 0. The molecule has 2 aromatic rings. The van der Waals surface area contributed by atoms with E-state index in [-0.39, 0.29) is 12.6 Å². The Morgan fingerprint density at radius 2 is 1.70 bits per heavy atom. The summed E-state index contributed by atoms with van der Waals surface area (Å²) in [5, 5.41) is 3.26. The minimum absolute atomic E-state index is 0.277. The maximum absolute atomic E-state index is 11.9. The molecule has 0 aromatic heterocycles. The Morgan fingerprint density at radius 3 is 2.40 bits per heavy atom. The second-order valence-electron chi connectivity index (χ2n) is 4.43. The molecule has 0 atom stereocenters. The van der Waals surface area contributed by atoms with Crippen LogP contribution in [0.5, 0.6) is 0 Å². The minimum atomic E-state index is -0.286. The van der Waals surface area contributed by atoms with E-state index in [1.54, 1.807) is 0 Å². The molecule has 1 N–H and O–H groups in total. The number of carbonyl (C=O) groups is 1. The van der Waals surface area contributed by atoms with Crippen molar-refractivity contribution in [2.45, 2.75) is 0 Å². The molecule has 3 nitrogen and oxygen atoms in total. The van der Waals surface area contributed by atoms with Crippen LogP contribution in [-0.2, 0) is 9.53 Å². The van der Waals surface area contributed by atoms with Gasteiger partial charge in [0.2, 0.25) is 0 Å². The van der Waals surface area contributed by atoms with Crippen LogP contribution >= 0.6 is 15.9 Å². The fraction of sp³-hybridized carbons (Fsp3) is 0.0625. The number of nitrogens with one attached hydrogen (secondary N) is 1. The second-order valence-corrected chi connectivity index (χ2v) is 5.34. The molecular formula is C16H12BrNO2. The maximum atomic E-state index is 11.9. The molecular weight excluding hydrogens is 318 g/mol. The highest BCUT2D eigenvalue weighted by Crippen LogP contribution is 2.28. The van der Waals surface area contributed by atoms with Crippen LogP contribution < -0.4 is 5.32 Å². The molecule has 100 valence electrons. The first kappa shape index (κ1) is 12.9. The first-order valence-electron chi connectivity index (χ1n) is 6.22. The van der Waals surface area contributed by atoms with Crippen LogP contribution in [0, 0.1) is 0 Å². The van der Waals surface area contributed by atoms with Gasteiger partial charge in [-0.1, -0.05) is 46.3 Å². The Morgan fingerprint density at radius 1 is 1.00 bits per heavy atom. The van der Waals surface area contributed by atoms with Crippen molar-refractivity contribution in [3.05, 3.63) is 70.3 Å². The Balaban J connectivity index is 1.97. The van der Waals surface area contributed by atoms with Gasteiger partial charge in [0.25, 0.3) is 0 Å². The van der Waals surface area contributed by atoms with Crippen molar-refractivity contribution in [2.75, 3.05) is 11.9 Å². The summed E-state index contributed by atoms with van der Waals surface area (Å²) in [4.78, 5) is 11.9. The number of para-hydroxylation sites is 1. The van der Waals surface area contributed by atoms with Gasteiger partial charge in [-0.3, -0.25) is 0 Å². The predicted octanol–water partition coefficient (Wildman–Crippen LogP) is 3.83. The van der Waals surface area contributed by atoms with E-state index in [1.807, 2.05) is 54.6 Å². The standard InChI is InChI=1S/C16H12BrNO2/c17-12-8-6-11(7-9-12)15-14(10-20-16(15)19)18-13-4-2-1-3-5-13/h1-9,18H,10H2. The smallest absolute Gasteiger partial charge is 0.341 e. The van der Waals surface area contributed by atoms with Crippen molar-refractivity contribution in [1.82, 2.24) is 0 Å². The van der Waals surface area contributed by atoms with Crippen molar-refractivity contribution in [2.24, 2.45) is 0 Å². The second kappa shape index (κ2) is 5.51. The molecule has 2 aromatic carbocycles. The van der Waals surface area contributed by atoms with Crippen molar-refractivity contribution >= 4 is 33.2 Å². The molecule has 0 spiro atoms. The summed E-state index contributed by atoms with van der Waals surface area (Å²) in [6.07, 6.45) is 0. The Labute approximate surface area is 125 Å². The predicted molar refractivity (Wildman–Crippen MR) is 82.1 cm³/mol. The van der Waals surface area contributed by atoms with E-state index in [9.17, 15) is 4.79 Å². The zero-order valence-electron chi connectivity index (χ0n) is 10.6. The Hall–Kier alpha value is -2.07. The molecule has 0 bridgehead atoms. The lowest BCUT2D eigenvalue weighted by Gasteiger charge is -2.07. The molecule has 3 rings (SSSR count). The Kier molecular flexibility index (Phi) is 3.56. The van der Waals surface area contributed by atoms with E-state index < -0.39 is 0 Å². The van der Waals surface area contributed by atoms with E-state index in [0.717, 1.165) is 21.4 Å². The summed E-state index contributed by atoms with van der Waals surface area (Å²) < 4.78 is 6.13. The molecule has 1 heterocycles. The van der Waals surface area contributed by atoms with Crippen LogP contribution in [0.3, 0.4) is 0 Å². The molecule has 1 aliphatic rings. The number of ether oxygens (including phenoxy) is 1. The summed E-state index contributed by atoms with van der Waals surface area (Å²) in [6, 6.07) is 17.4. The highest BCUT2D eigenvalue weighted by molar-refractivity contribution is 9.10. The van der Waals surface area contributed by atoms with E-state index in [4.69, 9.17) is 4.74 Å². The minimum Gasteiger partial charge on any atom is -0.456 e. The lowest BCUT2D eigenvalue weighted by atomic mass is 10.1. The number of cyclic esters (lactones) is 1. The van der Waals surface area contributed by atoms with Gasteiger partial charge in [-0.25, -0.2) is 4.79 Å². The quantitative estimate of drug-likeness (QED) is 0.870. The average Bonchev–Trinajstić information content (AvgIpc) is 2.82. The number of hydrogen-bond donors (Lipinski definition) is 1. The molecule has 0 unspecified atom stereocenters. The fourth-order valence-electron chi connectivity index (χ4n) is 2.11. The molecule has 0 fully saturated rings. The van der Waals surface area contributed by atoms with Crippen molar-refractivity contribution in [3.8, 4) is 0 Å². The number of anilines is 1. The zero-order chi connectivity index (χ0) is 13.9. The van der Waals surface area contributed by atoms with Gasteiger partial charge in [0, 0.05) is 10.2 Å². The van der Waals surface area contributed by atoms with Gasteiger partial charge >= 0.3 is 5.97 Å². The number of halogens is 1. The van der Waals surface area contributed by atoms with Gasteiger partial charge in [-0.2, -0.15) is 0 Å². The van der Waals surface area contributed by atoms with Crippen molar-refractivity contribution < 1.29 is 9.53 Å². The molecule has 0 aliphatic carbocycles. The van der Waals surface area contributed by atoms with Crippen LogP contribution in [0.2, 0.25) is 0 Å². The van der Waals surface area contributed by atoms with E-state index in [0.29, 0.717) is 5.57 Å². The molecule has 0 amide bonds. The lowest BCUT2D eigenvalue weighted by molar-refractivity contribution is -0.134. The van der Waals surface area contributed by atoms with Crippen LogP contribution in [0.1, 0.15) is 5.56 Å². The van der Waals surface area contributed by atoms with Crippen molar-refractivity contribution in [1.29, 1.82) is 0 Å². The van der Waals surface area contributed by atoms with Gasteiger partial charge < -0.3 is 10.1 Å². The van der Waals surface area contributed by atoms with E-state index in [2.05, 4.69) is 21.2 Å². The summed E-state index contributed by atoms with van der Waals surface area (Å²) in [6.45, 7) is 0.277. The van der Waals surface area contributed by atoms with Crippen LogP contribution in [0.25, 0.3) is 5.57 Å². The SMILES string of the molecule is O=C1OCC(Nc2ccccc2)=C1c1ccc(Br)cc1. The molecule has 0 saturated heterocycles. The third-order valence-corrected chi connectivity index (χ3v) is 3.58. The van der Waals surface area contributed by atoms with Crippen LogP contribution in [0.15, 0.2) is 64.8 Å². The monoisotopic (exact) mass is 329 g/mol. The summed E-state index contributed by atoms with van der Waals surface area (Å²) in [5.74, 6) is -0.286. The molecule has 20 heavy (non-hydrogen) atoms. The third kappa shape index (κ3) is 2.60. The number of hydrogen-bond acceptors (Lipinski definition) is 3. The van der Waals surface area contributed by atoms with Gasteiger partial charge in [-0.05, 0) is 29.8 Å². The highest BCUT2D eigenvalue weighted by Gasteiger charge is 2.26. The Bertz CT molecular complexity index is 663. The first-order chi connectivity index (χ1) is 9.74. The van der Waals surface area contributed by atoms with E-state index >= 15 is 0 Å². The largest absolute Gasteiger partial charge is 0.456 e. The molecule has 1 aliphatic heterocycles. The number of benzene rings is 2.